The van der Waals surface area contributed by atoms with Gasteiger partial charge >= 0.3 is 17.9 Å². The Labute approximate surface area is 159 Å². The number of carbonyl (C=O) groups is 3. The Balaban J connectivity index is 0.000000972. The molecule has 0 aliphatic heterocycles. The summed E-state index contributed by atoms with van der Waals surface area (Å²) in [5, 5.41) is 8.65. The van der Waals surface area contributed by atoms with Gasteiger partial charge < -0.3 is 14.6 Å². The minimum Gasteiger partial charge on any atom is -0.478 e. The van der Waals surface area contributed by atoms with E-state index >= 15 is 0 Å². The van der Waals surface area contributed by atoms with Gasteiger partial charge in [-0.15, -0.1) is 0 Å². The molecule has 0 radical (unpaired) electrons. The molecular weight excluding hydrogens is 348 g/mol. The molecule has 0 bridgehead atoms. The third-order valence-corrected chi connectivity index (χ3v) is 2.88. The molecule has 0 fully saturated rings. The zero-order valence-corrected chi connectivity index (χ0v) is 16.2. The first-order chi connectivity index (χ1) is 12.5. The van der Waals surface area contributed by atoms with E-state index in [1.165, 1.54) is 13.0 Å². The topological polar surface area (TPSA) is 89.9 Å². The summed E-state index contributed by atoms with van der Waals surface area (Å²) in [5.41, 5.74) is 1.33. The average Bonchev–Trinajstić information content (AvgIpc) is 2.53. The molecule has 0 aromatic heterocycles. The third-order valence-electron chi connectivity index (χ3n) is 2.88. The van der Waals surface area contributed by atoms with Crippen molar-refractivity contribution in [2.24, 2.45) is 0 Å². The van der Waals surface area contributed by atoms with Gasteiger partial charge in [0.2, 0.25) is 0 Å². The number of aliphatic carboxylic acids is 1. The van der Waals surface area contributed by atoms with Crippen molar-refractivity contribution in [3.05, 3.63) is 66.5 Å². The second kappa shape index (κ2) is 11.5. The van der Waals surface area contributed by atoms with Crippen LogP contribution in [0.25, 0.3) is 6.08 Å². The van der Waals surface area contributed by atoms with Crippen molar-refractivity contribution in [1.29, 1.82) is 0 Å². The minimum absolute atomic E-state index is 0.322. The number of carbonyl (C=O) groups excluding carboxylic acids is 2. The predicted octanol–water partition coefficient (Wildman–Crippen LogP) is 4.16. The van der Waals surface area contributed by atoms with Crippen LogP contribution in [0.15, 0.2) is 49.8 Å². The van der Waals surface area contributed by atoms with E-state index in [-0.39, 0.29) is 5.97 Å². The molecule has 0 aliphatic rings. The standard InChI is InChI=1S/C17H20O4.C4H6O2/c1-5-12-8-6-10-14(16(20)21-17(2,3)4)13(12)9-7-11-15(18)19;1-3-6-4(2)5/h5-8,10-11H,1,9H2,2-4H3,(H,18,19);3H,1H2,2H3/b11-7+;. The first kappa shape index (κ1) is 23.9. The molecule has 146 valence electrons. The lowest BCUT2D eigenvalue weighted by Crippen LogP contribution is -2.24. The van der Waals surface area contributed by atoms with E-state index in [1.807, 2.05) is 6.07 Å². The van der Waals surface area contributed by atoms with E-state index < -0.39 is 17.5 Å². The van der Waals surface area contributed by atoms with E-state index in [0.29, 0.717) is 17.5 Å². The molecule has 0 heterocycles. The summed E-state index contributed by atoms with van der Waals surface area (Å²) < 4.78 is 9.54. The first-order valence-corrected chi connectivity index (χ1v) is 8.17. The Kier molecular flexibility index (Phi) is 10.1. The Hall–Kier alpha value is -3.15. The molecule has 1 rings (SSSR count). The number of hydrogen-bond acceptors (Lipinski definition) is 5. The van der Waals surface area contributed by atoms with Crippen molar-refractivity contribution in [2.45, 2.75) is 39.7 Å². The average molecular weight is 374 g/mol. The summed E-state index contributed by atoms with van der Waals surface area (Å²) in [7, 11) is 0. The molecule has 0 saturated carbocycles. The van der Waals surface area contributed by atoms with Crippen molar-refractivity contribution < 1.29 is 29.0 Å². The molecule has 0 amide bonds. The predicted molar refractivity (Wildman–Crippen MR) is 104 cm³/mol. The van der Waals surface area contributed by atoms with Crippen LogP contribution >= 0.6 is 0 Å². The fourth-order valence-electron chi connectivity index (χ4n) is 1.94. The normalized spacial score (nSPS) is 10.4. The van der Waals surface area contributed by atoms with Crippen LogP contribution in [0.4, 0.5) is 0 Å². The maximum Gasteiger partial charge on any atom is 0.338 e. The van der Waals surface area contributed by atoms with Crippen LogP contribution in [0.2, 0.25) is 0 Å². The van der Waals surface area contributed by atoms with Crippen molar-refractivity contribution in [2.75, 3.05) is 0 Å². The van der Waals surface area contributed by atoms with E-state index in [2.05, 4.69) is 17.9 Å². The van der Waals surface area contributed by atoms with Gasteiger partial charge in [0.15, 0.2) is 0 Å². The zero-order chi connectivity index (χ0) is 21.0. The summed E-state index contributed by atoms with van der Waals surface area (Å²) in [4.78, 5) is 32.6. The van der Waals surface area contributed by atoms with Gasteiger partial charge in [0, 0.05) is 13.0 Å². The molecule has 1 aromatic carbocycles. The van der Waals surface area contributed by atoms with Gasteiger partial charge in [-0.25, -0.2) is 9.59 Å². The molecule has 1 aromatic rings. The molecule has 27 heavy (non-hydrogen) atoms. The van der Waals surface area contributed by atoms with Crippen LogP contribution in [0, 0.1) is 0 Å². The van der Waals surface area contributed by atoms with Crippen LogP contribution in [0.1, 0.15) is 49.2 Å². The highest BCUT2D eigenvalue weighted by atomic mass is 16.6. The van der Waals surface area contributed by atoms with Crippen molar-refractivity contribution in [3.63, 3.8) is 0 Å². The summed E-state index contributed by atoms with van der Waals surface area (Å²) >= 11 is 0. The second-order valence-corrected chi connectivity index (χ2v) is 6.30. The number of hydrogen-bond donors (Lipinski definition) is 1. The molecule has 0 unspecified atom stereocenters. The zero-order valence-electron chi connectivity index (χ0n) is 16.2. The van der Waals surface area contributed by atoms with Crippen molar-refractivity contribution in [1.82, 2.24) is 0 Å². The van der Waals surface area contributed by atoms with Crippen LogP contribution in [0.3, 0.4) is 0 Å². The SMILES string of the molecule is C=COC(C)=O.C=Cc1cccc(C(=O)OC(C)(C)C)c1C/C=C/C(=O)O. The van der Waals surface area contributed by atoms with Gasteiger partial charge in [0.1, 0.15) is 5.60 Å². The molecule has 1 N–H and O–H groups in total. The summed E-state index contributed by atoms with van der Waals surface area (Å²) in [6, 6.07) is 5.25. The van der Waals surface area contributed by atoms with Crippen LogP contribution < -0.4 is 0 Å². The van der Waals surface area contributed by atoms with E-state index in [1.54, 1.807) is 39.0 Å². The lowest BCUT2D eigenvalue weighted by atomic mass is 9.97. The lowest BCUT2D eigenvalue weighted by molar-refractivity contribution is -0.135. The van der Waals surface area contributed by atoms with Crippen molar-refractivity contribution in [3.8, 4) is 0 Å². The van der Waals surface area contributed by atoms with Gasteiger partial charge in [-0.3, -0.25) is 4.79 Å². The Bertz CT molecular complexity index is 723. The molecule has 0 aliphatic carbocycles. The van der Waals surface area contributed by atoms with Crippen molar-refractivity contribution >= 4 is 24.0 Å². The lowest BCUT2D eigenvalue weighted by Gasteiger charge is -2.21. The quantitative estimate of drug-likeness (QED) is 0.457. The first-order valence-electron chi connectivity index (χ1n) is 8.17. The Morgan fingerprint density at radius 3 is 2.22 bits per heavy atom. The number of allylic oxidation sites excluding steroid dienone is 1. The van der Waals surface area contributed by atoms with E-state index in [9.17, 15) is 14.4 Å². The molecule has 6 nitrogen and oxygen atoms in total. The molecule has 0 spiro atoms. The molecule has 0 saturated heterocycles. The second-order valence-electron chi connectivity index (χ2n) is 6.30. The van der Waals surface area contributed by atoms with Gasteiger partial charge in [-0.05, 0) is 44.4 Å². The number of rotatable bonds is 6. The van der Waals surface area contributed by atoms with Gasteiger partial charge in [-0.2, -0.15) is 0 Å². The van der Waals surface area contributed by atoms with E-state index in [0.717, 1.165) is 17.9 Å². The maximum atomic E-state index is 12.2. The third kappa shape index (κ3) is 10.4. The highest BCUT2D eigenvalue weighted by molar-refractivity contribution is 5.92. The number of benzene rings is 1. The van der Waals surface area contributed by atoms with Gasteiger partial charge in [0.25, 0.3) is 0 Å². The molecular formula is C21H26O6. The Morgan fingerprint density at radius 1 is 1.19 bits per heavy atom. The fraction of sp³-hybridized carbons (Fsp3) is 0.286. The molecule has 6 heteroatoms. The fourth-order valence-corrected chi connectivity index (χ4v) is 1.94. The smallest absolute Gasteiger partial charge is 0.338 e. The van der Waals surface area contributed by atoms with Crippen LogP contribution in [-0.4, -0.2) is 28.6 Å². The van der Waals surface area contributed by atoms with Crippen LogP contribution in [-0.2, 0) is 25.5 Å². The highest BCUT2D eigenvalue weighted by Crippen LogP contribution is 2.21. The van der Waals surface area contributed by atoms with E-state index in [4.69, 9.17) is 9.84 Å². The minimum atomic E-state index is -1.02. The highest BCUT2D eigenvalue weighted by Gasteiger charge is 2.20. The van der Waals surface area contributed by atoms with Gasteiger partial charge in [0.05, 0.1) is 11.8 Å². The van der Waals surface area contributed by atoms with Gasteiger partial charge in [-0.1, -0.05) is 37.4 Å². The number of ether oxygens (including phenoxy) is 2. The summed E-state index contributed by atoms with van der Waals surface area (Å²) in [5.74, 6) is -1.78. The summed E-state index contributed by atoms with van der Waals surface area (Å²) in [6.07, 6.45) is 5.61. The Morgan fingerprint density at radius 2 is 1.81 bits per heavy atom. The largest absolute Gasteiger partial charge is 0.478 e. The molecule has 0 atom stereocenters. The number of carboxylic acid groups (broad SMARTS) is 1. The number of carboxylic acids is 1. The van der Waals surface area contributed by atoms with Crippen LogP contribution in [0.5, 0.6) is 0 Å². The summed E-state index contributed by atoms with van der Waals surface area (Å²) in [6.45, 7) is 13.6. The maximum absolute atomic E-state index is 12.2. The number of esters is 2. The monoisotopic (exact) mass is 374 g/mol.